The number of benzene rings is 1. The SMILES string of the molecule is COc1ccccc1OCCn1cc(N)cn1. The fraction of sp³-hybridized carbons (Fsp3) is 0.250. The molecule has 0 saturated carbocycles. The molecule has 0 radical (unpaired) electrons. The summed E-state index contributed by atoms with van der Waals surface area (Å²) in [5.41, 5.74) is 6.22. The molecule has 2 rings (SSSR count). The Morgan fingerprint density at radius 3 is 2.71 bits per heavy atom. The lowest BCUT2D eigenvalue weighted by atomic mass is 10.3. The van der Waals surface area contributed by atoms with E-state index in [1.54, 1.807) is 24.2 Å². The highest BCUT2D eigenvalue weighted by Gasteiger charge is 2.02. The molecule has 0 saturated heterocycles. The van der Waals surface area contributed by atoms with Gasteiger partial charge in [-0.05, 0) is 12.1 Å². The zero-order valence-electron chi connectivity index (χ0n) is 9.67. The molecule has 0 atom stereocenters. The lowest BCUT2D eigenvalue weighted by Crippen LogP contribution is -2.08. The second-order valence-electron chi connectivity index (χ2n) is 3.54. The van der Waals surface area contributed by atoms with Crippen molar-refractivity contribution >= 4 is 5.69 Å². The number of anilines is 1. The van der Waals surface area contributed by atoms with Crippen LogP contribution in [-0.2, 0) is 6.54 Å². The van der Waals surface area contributed by atoms with Gasteiger partial charge in [-0.25, -0.2) is 0 Å². The highest BCUT2D eigenvalue weighted by Crippen LogP contribution is 2.25. The van der Waals surface area contributed by atoms with Crippen LogP contribution in [0.3, 0.4) is 0 Å². The zero-order valence-corrected chi connectivity index (χ0v) is 9.67. The molecule has 5 heteroatoms. The maximum absolute atomic E-state index is 5.61. The van der Waals surface area contributed by atoms with E-state index in [0.717, 1.165) is 11.5 Å². The first-order chi connectivity index (χ1) is 8.29. The van der Waals surface area contributed by atoms with Crippen LogP contribution in [0.2, 0.25) is 0 Å². The van der Waals surface area contributed by atoms with Gasteiger partial charge in [0.25, 0.3) is 0 Å². The standard InChI is InChI=1S/C12H15N3O2/c1-16-11-4-2-3-5-12(11)17-7-6-15-9-10(13)8-14-15/h2-5,8-9H,6-7,13H2,1H3. The number of nitrogens with zero attached hydrogens (tertiary/aromatic N) is 2. The second-order valence-corrected chi connectivity index (χ2v) is 3.54. The van der Waals surface area contributed by atoms with E-state index >= 15 is 0 Å². The molecule has 0 amide bonds. The van der Waals surface area contributed by atoms with Crippen LogP contribution in [0, 0.1) is 0 Å². The summed E-state index contributed by atoms with van der Waals surface area (Å²) >= 11 is 0. The van der Waals surface area contributed by atoms with Crippen molar-refractivity contribution in [2.24, 2.45) is 0 Å². The average molecular weight is 233 g/mol. The van der Waals surface area contributed by atoms with Gasteiger partial charge in [-0.1, -0.05) is 12.1 Å². The van der Waals surface area contributed by atoms with Crippen molar-refractivity contribution in [1.82, 2.24) is 9.78 Å². The first kappa shape index (κ1) is 11.3. The molecule has 1 aromatic heterocycles. The van der Waals surface area contributed by atoms with E-state index in [1.165, 1.54) is 0 Å². The number of ether oxygens (including phenoxy) is 2. The third-order valence-electron chi connectivity index (χ3n) is 2.30. The summed E-state index contributed by atoms with van der Waals surface area (Å²) < 4.78 is 12.5. The van der Waals surface area contributed by atoms with Gasteiger partial charge in [0.15, 0.2) is 11.5 Å². The fourth-order valence-electron chi connectivity index (χ4n) is 1.49. The Kier molecular flexibility index (Phi) is 3.49. The molecule has 1 aromatic carbocycles. The van der Waals surface area contributed by atoms with Crippen molar-refractivity contribution in [3.63, 3.8) is 0 Å². The summed E-state index contributed by atoms with van der Waals surface area (Å²) in [6.45, 7) is 1.16. The van der Waals surface area contributed by atoms with Gasteiger partial charge < -0.3 is 15.2 Å². The molecule has 0 bridgehead atoms. The minimum Gasteiger partial charge on any atom is -0.493 e. The van der Waals surface area contributed by atoms with Crippen LogP contribution in [0.15, 0.2) is 36.7 Å². The summed E-state index contributed by atoms with van der Waals surface area (Å²) in [6, 6.07) is 7.54. The molecule has 0 aliphatic carbocycles. The predicted molar refractivity (Wildman–Crippen MR) is 65.1 cm³/mol. The van der Waals surface area contributed by atoms with Gasteiger partial charge in [-0.2, -0.15) is 5.10 Å². The maximum Gasteiger partial charge on any atom is 0.161 e. The molecule has 17 heavy (non-hydrogen) atoms. The van der Waals surface area contributed by atoms with Crippen LogP contribution in [0.4, 0.5) is 5.69 Å². The van der Waals surface area contributed by atoms with Crippen molar-refractivity contribution in [2.45, 2.75) is 6.54 Å². The molecule has 5 nitrogen and oxygen atoms in total. The van der Waals surface area contributed by atoms with Gasteiger partial charge in [0.2, 0.25) is 0 Å². The van der Waals surface area contributed by atoms with Crippen molar-refractivity contribution in [1.29, 1.82) is 0 Å². The Morgan fingerprint density at radius 1 is 1.29 bits per heavy atom. The number of para-hydroxylation sites is 2. The Hall–Kier alpha value is -2.17. The van der Waals surface area contributed by atoms with Crippen LogP contribution in [-0.4, -0.2) is 23.5 Å². The van der Waals surface area contributed by atoms with E-state index in [9.17, 15) is 0 Å². The van der Waals surface area contributed by atoms with Gasteiger partial charge >= 0.3 is 0 Å². The van der Waals surface area contributed by atoms with Gasteiger partial charge in [-0.3, -0.25) is 4.68 Å². The second kappa shape index (κ2) is 5.25. The summed E-state index contributed by atoms with van der Waals surface area (Å²) in [5, 5.41) is 4.07. The van der Waals surface area contributed by atoms with Crippen LogP contribution in [0.25, 0.3) is 0 Å². The van der Waals surface area contributed by atoms with Gasteiger partial charge in [0, 0.05) is 6.20 Å². The lowest BCUT2D eigenvalue weighted by molar-refractivity contribution is 0.274. The van der Waals surface area contributed by atoms with Crippen LogP contribution < -0.4 is 15.2 Å². The maximum atomic E-state index is 5.61. The monoisotopic (exact) mass is 233 g/mol. The minimum atomic E-state index is 0.515. The molecule has 0 aliphatic rings. The summed E-state index contributed by atoms with van der Waals surface area (Å²) in [7, 11) is 1.62. The Balaban J connectivity index is 1.89. The molecule has 0 aliphatic heterocycles. The van der Waals surface area contributed by atoms with Crippen molar-refractivity contribution in [3.05, 3.63) is 36.7 Å². The largest absolute Gasteiger partial charge is 0.493 e. The zero-order chi connectivity index (χ0) is 12.1. The highest BCUT2D eigenvalue weighted by molar-refractivity contribution is 5.39. The molecular formula is C12H15N3O2. The molecule has 2 N–H and O–H groups in total. The van der Waals surface area contributed by atoms with E-state index in [-0.39, 0.29) is 0 Å². The summed E-state index contributed by atoms with van der Waals surface area (Å²) in [6.07, 6.45) is 3.38. The Bertz CT molecular complexity index is 482. The fourth-order valence-corrected chi connectivity index (χ4v) is 1.49. The van der Waals surface area contributed by atoms with E-state index < -0.39 is 0 Å². The Labute approximate surface area is 99.8 Å². The molecule has 90 valence electrons. The molecule has 0 fully saturated rings. The normalized spacial score (nSPS) is 10.2. The minimum absolute atomic E-state index is 0.515. The topological polar surface area (TPSA) is 62.3 Å². The van der Waals surface area contributed by atoms with Crippen molar-refractivity contribution < 1.29 is 9.47 Å². The van der Waals surface area contributed by atoms with Crippen molar-refractivity contribution in [3.8, 4) is 11.5 Å². The molecule has 1 heterocycles. The van der Waals surface area contributed by atoms with Crippen LogP contribution in [0.5, 0.6) is 11.5 Å². The first-order valence-corrected chi connectivity index (χ1v) is 5.33. The van der Waals surface area contributed by atoms with E-state index in [2.05, 4.69) is 5.10 Å². The smallest absolute Gasteiger partial charge is 0.161 e. The number of methoxy groups -OCH3 is 1. The number of nitrogen functional groups attached to an aromatic ring is 1. The quantitative estimate of drug-likeness (QED) is 0.851. The molecule has 0 spiro atoms. The number of hydrogen-bond donors (Lipinski definition) is 1. The third-order valence-corrected chi connectivity index (χ3v) is 2.30. The average Bonchev–Trinajstić information content (AvgIpc) is 2.76. The third kappa shape index (κ3) is 2.90. The van der Waals surface area contributed by atoms with E-state index in [1.807, 2.05) is 24.3 Å². The number of aromatic nitrogens is 2. The van der Waals surface area contributed by atoms with Gasteiger partial charge in [-0.15, -0.1) is 0 Å². The predicted octanol–water partition coefficient (Wildman–Crippen LogP) is 1.55. The summed E-state index contributed by atoms with van der Waals surface area (Å²) in [4.78, 5) is 0. The van der Waals surface area contributed by atoms with Gasteiger partial charge in [0.05, 0.1) is 25.5 Å². The van der Waals surface area contributed by atoms with Gasteiger partial charge in [0.1, 0.15) is 6.61 Å². The number of rotatable bonds is 5. The van der Waals surface area contributed by atoms with Crippen LogP contribution in [0.1, 0.15) is 0 Å². The first-order valence-electron chi connectivity index (χ1n) is 5.33. The lowest BCUT2D eigenvalue weighted by Gasteiger charge is -2.09. The number of nitrogens with two attached hydrogens (primary N) is 1. The highest BCUT2D eigenvalue weighted by atomic mass is 16.5. The molecular weight excluding hydrogens is 218 g/mol. The Morgan fingerprint density at radius 2 is 2.06 bits per heavy atom. The van der Waals surface area contributed by atoms with E-state index in [4.69, 9.17) is 15.2 Å². The molecule has 0 unspecified atom stereocenters. The van der Waals surface area contributed by atoms with Crippen molar-refractivity contribution in [2.75, 3.05) is 19.5 Å². The van der Waals surface area contributed by atoms with Crippen LogP contribution >= 0.6 is 0 Å². The molecule has 2 aromatic rings. The van der Waals surface area contributed by atoms with E-state index in [0.29, 0.717) is 18.8 Å². The number of hydrogen-bond acceptors (Lipinski definition) is 4. The summed E-state index contributed by atoms with van der Waals surface area (Å²) in [5.74, 6) is 1.46.